The van der Waals surface area contributed by atoms with Crippen molar-refractivity contribution in [2.75, 3.05) is 0 Å². The van der Waals surface area contributed by atoms with Gasteiger partial charge in [0.1, 0.15) is 16.9 Å². The summed E-state index contributed by atoms with van der Waals surface area (Å²) in [6, 6.07) is 170. The summed E-state index contributed by atoms with van der Waals surface area (Å²) in [4.78, 5) is 31.5. The summed E-state index contributed by atoms with van der Waals surface area (Å²) in [6.07, 6.45) is 0. The lowest BCUT2D eigenvalue weighted by atomic mass is 9.99. The van der Waals surface area contributed by atoms with Gasteiger partial charge in [0.15, 0.2) is 0 Å². The summed E-state index contributed by atoms with van der Waals surface area (Å²) in [5.74, 6) is 1.96. The fraction of sp³-hybridized carbons (Fsp3) is 0. The van der Waals surface area contributed by atoms with Crippen molar-refractivity contribution < 1.29 is 0 Å². The van der Waals surface area contributed by atoms with E-state index in [2.05, 4.69) is 502 Å². The van der Waals surface area contributed by atoms with Gasteiger partial charge in [-0.25, -0.2) is 29.9 Å². The number of nitrogens with zero attached hydrogens (tertiary/aromatic N) is 15. The quantitative estimate of drug-likeness (QED) is 0.142. The van der Waals surface area contributed by atoms with Crippen molar-refractivity contribution in [2.45, 2.75) is 0 Å². The lowest BCUT2D eigenvalue weighted by Crippen LogP contribution is -2.03. The van der Waals surface area contributed by atoms with Gasteiger partial charge in [-0.3, -0.25) is 26.9 Å². The number of aromatic nitrogens is 15. The molecule has 0 amide bonds. The predicted molar refractivity (Wildman–Crippen MR) is 589 cm³/mol. The first-order valence-electron chi connectivity index (χ1n) is 48.4. The molecule has 143 heavy (non-hydrogen) atoms. The van der Waals surface area contributed by atoms with Crippen LogP contribution in [0.3, 0.4) is 0 Å². The molecule has 0 N–H and O–H groups in total. The van der Waals surface area contributed by atoms with Crippen LogP contribution in [0.1, 0.15) is 0 Å². The molecule has 0 unspecified atom stereocenters. The van der Waals surface area contributed by atoms with E-state index in [1.807, 2.05) is 18.2 Å². The molecule has 0 aliphatic rings. The van der Waals surface area contributed by atoms with Crippen LogP contribution in [0.25, 0.3) is 271 Å². The highest BCUT2D eigenvalue weighted by Crippen LogP contribution is 2.45. The monoisotopic (exact) mass is 1830 g/mol. The second kappa shape index (κ2) is 31.5. The summed E-state index contributed by atoms with van der Waals surface area (Å²) < 4.78 is 20.8. The number of hydrogen-bond donors (Lipinski definition) is 0. The third kappa shape index (κ3) is 12.3. The number of benzene rings is 20. The molecular weight excluding hydrogens is 1750 g/mol. The van der Waals surface area contributed by atoms with Gasteiger partial charge in [0, 0.05) is 98.4 Å². The zero-order valence-corrected chi connectivity index (χ0v) is 76.8. The third-order valence-electron chi connectivity index (χ3n) is 29.1. The van der Waals surface area contributed by atoms with Crippen molar-refractivity contribution in [1.82, 2.24) is 70.5 Å². The molecule has 0 saturated carbocycles. The molecule has 15 heteroatoms. The van der Waals surface area contributed by atoms with Crippen LogP contribution in [0.4, 0.5) is 0 Å². The molecule has 0 aliphatic carbocycles. The number of fused-ring (bicyclic) bond motifs is 29. The maximum absolute atomic E-state index is 5.40. The Morgan fingerprint density at radius 3 is 0.804 bits per heavy atom. The van der Waals surface area contributed by atoms with Crippen molar-refractivity contribution in [1.29, 1.82) is 0 Å². The predicted octanol–water partition coefficient (Wildman–Crippen LogP) is 31.5. The van der Waals surface area contributed by atoms with Gasteiger partial charge in [-0.2, -0.15) is 0 Å². The van der Waals surface area contributed by atoms with E-state index in [1.165, 1.54) is 87.0 Å². The zero-order valence-electron chi connectivity index (χ0n) is 76.8. The molecule has 0 aliphatic heterocycles. The minimum absolute atomic E-state index is 0.651. The second-order valence-electron chi connectivity index (χ2n) is 36.9. The van der Waals surface area contributed by atoms with Crippen LogP contribution in [0, 0.1) is 0 Å². The molecule has 32 aromatic rings. The molecule has 32 rings (SSSR count). The molecule has 0 saturated heterocycles. The minimum Gasteiger partial charge on any atom is -0.309 e. The van der Waals surface area contributed by atoms with Crippen LogP contribution < -0.4 is 0 Å². The fourth-order valence-corrected chi connectivity index (χ4v) is 22.8. The van der Waals surface area contributed by atoms with Crippen LogP contribution in [0.15, 0.2) is 479 Å². The van der Waals surface area contributed by atoms with Gasteiger partial charge in [-0.15, -0.1) is 0 Å². The molecular formula is C128H79N15. The highest BCUT2D eigenvalue weighted by Gasteiger charge is 2.28. The van der Waals surface area contributed by atoms with Crippen LogP contribution in [-0.2, 0) is 0 Å². The molecule has 12 heterocycles. The molecule has 15 nitrogen and oxygen atoms in total. The Labute approximate surface area is 815 Å². The molecule has 12 aromatic heterocycles. The second-order valence-corrected chi connectivity index (χ2v) is 36.9. The standard InChI is InChI=1S/2C44H27N5.C40H25N5/c1-2-14-31-28(12-1)13-11-18-34(31)43-35-17-3-6-19-36(35)45-44(46-43)49-40-23-10-9-22-39(40)48-41-27-30(25-24-29(41)26-42(48)49)47-37-20-7-4-15-32(37)33-16-5-8-21-38(33)47;1-2-12-29-25-31(22-21-28(29)11-1)43-35-15-3-6-16-36(35)45-44(46-43)49-40-20-10-9-19-39(40)48-41-27-32(24-23-30(41)26-42(48)49)47-37-17-7-4-13-33(37)34-14-5-8-18-38(34)47;1-2-12-26(13-3-1)39-31-16-4-7-17-32(31)41-40(42-39)45-36-21-11-10-20-35(36)44-37-25-28(23-22-27(37)24-38(44)45)43-33-18-8-5-14-29(33)30-15-6-9-19-34(30)43/h2*1-27H;1-25H. The normalized spacial score (nSPS) is 12.1. The lowest BCUT2D eigenvalue weighted by Gasteiger charge is -2.12. The summed E-state index contributed by atoms with van der Waals surface area (Å²) >= 11 is 0. The van der Waals surface area contributed by atoms with Crippen molar-refractivity contribution >= 4 is 202 Å². The zero-order chi connectivity index (χ0) is 93.6. The smallest absolute Gasteiger partial charge is 0.237 e. The SMILES string of the molecule is c1ccc(-c2nc(-n3c4ccccc4n4c5cc(-n6c7ccccc7c7ccccc76)ccc5cc34)nc3ccccc23)cc1.c1ccc2c(-c3nc(-n4c5ccccc5n5c6cc(-n7c8ccccc8c8ccccc87)ccc6cc45)nc4ccccc34)cccc2c1.c1ccc2cc(-c3nc(-n4c5ccccc5n5c6cc(-n7c8ccccc8c8ccccc87)ccc6cc45)nc4ccccc34)ccc2c1. The Bertz CT molecular complexity index is 10800. The van der Waals surface area contributed by atoms with E-state index in [0.717, 1.165) is 166 Å². The molecule has 0 fully saturated rings. The van der Waals surface area contributed by atoms with Gasteiger partial charge in [0.05, 0.1) is 116 Å². The van der Waals surface area contributed by atoms with Crippen molar-refractivity contribution in [3.05, 3.63) is 479 Å². The molecule has 0 radical (unpaired) electrons. The average Bonchev–Trinajstić information content (AvgIpc) is 1.56. The minimum atomic E-state index is 0.651. The fourth-order valence-electron chi connectivity index (χ4n) is 22.8. The Kier molecular flexibility index (Phi) is 17.5. The maximum Gasteiger partial charge on any atom is 0.237 e. The Balaban J connectivity index is 0.000000100. The Hall–Kier alpha value is -19.6. The van der Waals surface area contributed by atoms with E-state index >= 15 is 0 Å². The highest BCUT2D eigenvalue weighted by molar-refractivity contribution is 6.14. The summed E-state index contributed by atoms with van der Waals surface area (Å²) in [5, 5.41) is 18.9. The van der Waals surface area contributed by atoms with Gasteiger partial charge in [-0.1, -0.05) is 328 Å². The first-order chi connectivity index (χ1) is 70.9. The highest BCUT2D eigenvalue weighted by atomic mass is 15.3. The Morgan fingerprint density at radius 1 is 0.140 bits per heavy atom. The first kappa shape index (κ1) is 79.6. The summed E-state index contributed by atoms with van der Waals surface area (Å²) in [5.41, 5.74) is 32.3. The van der Waals surface area contributed by atoms with E-state index in [4.69, 9.17) is 29.9 Å². The number of para-hydroxylation sites is 15. The van der Waals surface area contributed by atoms with Gasteiger partial charge in [0.25, 0.3) is 0 Å². The molecule has 666 valence electrons. The third-order valence-corrected chi connectivity index (χ3v) is 29.1. The number of hydrogen-bond acceptors (Lipinski definition) is 6. The molecule has 0 bridgehead atoms. The number of imidazole rings is 3. The molecule has 20 aromatic carbocycles. The Morgan fingerprint density at radius 2 is 0.420 bits per heavy atom. The van der Waals surface area contributed by atoms with E-state index in [-0.39, 0.29) is 0 Å². The van der Waals surface area contributed by atoms with E-state index < -0.39 is 0 Å². The first-order valence-corrected chi connectivity index (χ1v) is 48.4. The summed E-state index contributed by atoms with van der Waals surface area (Å²) in [6.45, 7) is 0. The van der Waals surface area contributed by atoms with Gasteiger partial charge < -0.3 is 13.7 Å². The lowest BCUT2D eigenvalue weighted by molar-refractivity contribution is 1.00. The number of rotatable bonds is 9. The van der Waals surface area contributed by atoms with E-state index in [9.17, 15) is 0 Å². The molecule has 0 spiro atoms. The summed E-state index contributed by atoms with van der Waals surface area (Å²) in [7, 11) is 0. The van der Waals surface area contributed by atoms with Crippen LogP contribution >= 0.6 is 0 Å². The van der Waals surface area contributed by atoms with Gasteiger partial charge in [-0.05, 0) is 173 Å². The van der Waals surface area contributed by atoms with Crippen LogP contribution in [0.2, 0.25) is 0 Å². The maximum atomic E-state index is 5.40. The van der Waals surface area contributed by atoms with Crippen molar-refractivity contribution in [3.8, 4) is 68.7 Å². The van der Waals surface area contributed by atoms with E-state index in [1.54, 1.807) is 0 Å². The largest absolute Gasteiger partial charge is 0.309 e. The van der Waals surface area contributed by atoms with Gasteiger partial charge >= 0.3 is 0 Å². The van der Waals surface area contributed by atoms with Crippen LogP contribution in [-0.4, -0.2) is 70.5 Å². The van der Waals surface area contributed by atoms with Crippen molar-refractivity contribution in [2.24, 2.45) is 0 Å². The average molecular weight is 1830 g/mol. The molecule has 0 atom stereocenters. The topological polar surface area (TPSA) is 120 Å². The van der Waals surface area contributed by atoms with E-state index in [0.29, 0.717) is 17.8 Å². The van der Waals surface area contributed by atoms with Crippen molar-refractivity contribution in [3.63, 3.8) is 0 Å². The van der Waals surface area contributed by atoms with Gasteiger partial charge in [0.2, 0.25) is 17.8 Å². The van der Waals surface area contributed by atoms with Crippen LogP contribution in [0.5, 0.6) is 0 Å².